The fourth-order valence-electron chi connectivity index (χ4n) is 1.45. The van der Waals surface area contributed by atoms with E-state index in [1.54, 1.807) is 0 Å². The molecule has 0 aliphatic carbocycles. The van der Waals surface area contributed by atoms with Crippen LogP contribution in [0.25, 0.3) is 0 Å². The van der Waals surface area contributed by atoms with Gasteiger partial charge >= 0.3 is 0 Å². The second-order valence-corrected chi connectivity index (χ2v) is 2.84. The summed E-state index contributed by atoms with van der Waals surface area (Å²) in [5.74, 6) is -0.367. The number of rotatable bonds is 2. The van der Waals surface area contributed by atoms with Gasteiger partial charge in [-0.2, -0.15) is 0 Å². The Balaban J connectivity index is 2.93. The van der Waals surface area contributed by atoms with Crippen molar-refractivity contribution in [3.8, 4) is 0 Å². The van der Waals surface area contributed by atoms with E-state index in [4.69, 9.17) is 0 Å². The third-order valence-corrected chi connectivity index (χ3v) is 2.14. The predicted octanol–water partition coefficient (Wildman–Crippen LogP) is 1.15. The molecule has 2 amide bonds. The average molecular weight is 167 g/mol. The molecule has 66 valence electrons. The lowest BCUT2D eigenvalue weighted by Gasteiger charge is -2.02. The van der Waals surface area contributed by atoms with Crippen LogP contribution in [-0.2, 0) is 9.59 Å². The first kappa shape index (κ1) is 8.97. The number of carbonyl (C=O) groups is 2. The molecule has 1 saturated heterocycles. The number of amides is 2. The van der Waals surface area contributed by atoms with Gasteiger partial charge in [-0.05, 0) is 12.8 Å². The van der Waals surface area contributed by atoms with E-state index in [9.17, 15) is 9.59 Å². The molecule has 1 fully saturated rings. The molecule has 1 aliphatic heterocycles. The van der Waals surface area contributed by atoms with E-state index < -0.39 is 0 Å². The van der Waals surface area contributed by atoms with Crippen molar-refractivity contribution < 1.29 is 9.59 Å². The molecule has 0 aromatic heterocycles. The van der Waals surface area contributed by atoms with Crippen LogP contribution >= 0.6 is 0 Å². The fourth-order valence-corrected chi connectivity index (χ4v) is 1.45. The average Bonchev–Trinajstić information content (AvgIpc) is 2.34. The maximum absolute atomic E-state index is 11.2. The van der Waals surface area contributed by atoms with Gasteiger partial charge < -0.3 is 0 Å². The Morgan fingerprint density at radius 3 is 2.25 bits per heavy atom. The Morgan fingerprint density at radius 1 is 1.33 bits per heavy atom. The highest BCUT2D eigenvalue weighted by Gasteiger charge is 2.25. The number of hydrogen-bond acceptors (Lipinski definition) is 2. The first-order chi connectivity index (χ1) is 5.69. The van der Waals surface area contributed by atoms with Crippen LogP contribution in [0.2, 0.25) is 0 Å². The van der Waals surface area contributed by atoms with E-state index >= 15 is 0 Å². The summed E-state index contributed by atoms with van der Waals surface area (Å²) < 4.78 is 0. The maximum Gasteiger partial charge on any atom is 0.254 e. The maximum atomic E-state index is 11.2. The lowest BCUT2D eigenvalue weighted by molar-refractivity contribution is -0.124. The smallest absolute Gasteiger partial charge is 0.254 e. The molecular weight excluding hydrogens is 154 g/mol. The highest BCUT2D eigenvalue weighted by Crippen LogP contribution is 2.19. The van der Waals surface area contributed by atoms with Gasteiger partial charge in [-0.25, -0.2) is 0 Å². The predicted molar refractivity (Wildman–Crippen MR) is 45.4 cm³/mol. The number of carbonyl (C=O) groups excluding carboxylic acids is 2. The Bertz CT molecular complexity index is 247. The molecule has 1 aliphatic rings. The van der Waals surface area contributed by atoms with Crippen molar-refractivity contribution >= 4 is 11.8 Å². The summed E-state index contributed by atoms with van der Waals surface area (Å²) in [6.45, 7) is 4.00. The normalized spacial score (nSPS) is 16.7. The first-order valence-electron chi connectivity index (χ1n) is 4.24. The minimum Gasteiger partial charge on any atom is -0.292 e. The lowest BCUT2D eigenvalue weighted by atomic mass is 10.0. The van der Waals surface area contributed by atoms with Crippen LogP contribution in [0.1, 0.15) is 33.1 Å². The molecule has 3 nitrogen and oxygen atoms in total. The molecule has 0 aromatic rings. The van der Waals surface area contributed by atoms with Crippen LogP contribution in [0, 0.1) is 0 Å². The second-order valence-electron chi connectivity index (χ2n) is 2.84. The largest absolute Gasteiger partial charge is 0.292 e. The molecular formula is C9H13NO2. The zero-order chi connectivity index (χ0) is 9.14. The van der Waals surface area contributed by atoms with Gasteiger partial charge in [-0.15, -0.1) is 0 Å². The summed E-state index contributed by atoms with van der Waals surface area (Å²) in [4.78, 5) is 22.0. The van der Waals surface area contributed by atoms with Crippen molar-refractivity contribution in [2.75, 3.05) is 0 Å². The summed E-state index contributed by atoms with van der Waals surface area (Å²) in [6, 6.07) is 0. The van der Waals surface area contributed by atoms with Crippen molar-refractivity contribution in [1.82, 2.24) is 5.32 Å². The molecule has 0 atom stereocenters. The van der Waals surface area contributed by atoms with Crippen LogP contribution in [0.4, 0.5) is 0 Å². The Hall–Kier alpha value is -1.12. The summed E-state index contributed by atoms with van der Waals surface area (Å²) in [5, 5.41) is 2.28. The monoisotopic (exact) mass is 167 g/mol. The summed E-state index contributed by atoms with van der Waals surface area (Å²) >= 11 is 0. The highest BCUT2D eigenvalue weighted by atomic mass is 16.2. The summed E-state index contributed by atoms with van der Waals surface area (Å²) in [5.41, 5.74) is 1.78. The van der Waals surface area contributed by atoms with E-state index in [1.807, 2.05) is 13.8 Å². The zero-order valence-corrected chi connectivity index (χ0v) is 7.44. The van der Waals surface area contributed by atoms with Crippen molar-refractivity contribution in [1.29, 1.82) is 0 Å². The standard InChI is InChI=1S/C9H13NO2/c1-3-6(4-2)7-5-8(11)10-9(7)12/h3-5H2,1-2H3,(H,10,11,12). The van der Waals surface area contributed by atoms with Gasteiger partial charge in [0.1, 0.15) is 0 Å². The minimum absolute atomic E-state index is 0.172. The summed E-state index contributed by atoms with van der Waals surface area (Å²) in [7, 11) is 0. The van der Waals surface area contributed by atoms with Crippen LogP contribution < -0.4 is 5.32 Å². The van der Waals surface area contributed by atoms with E-state index in [-0.39, 0.29) is 18.2 Å². The van der Waals surface area contributed by atoms with Gasteiger partial charge in [0.25, 0.3) is 5.91 Å². The summed E-state index contributed by atoms with van der Waals surface area (Å²) in [6.07, 6.45) is 1.98. The minimum atomic E-state index is -0.196. The van der Waals surface area contributed by atoms with Crippen LogP contribution in [0.15, 0.2) is 11.1 Å². The van der Waals surface area contributed by atoms with Crippen LogP contribution in [-0.4, -0.2) is 11.8 Å². The number of allylic oxidation sites excluding steroid dienone is 1. The molecule has 1 heterocycles. The topological polar surface area (TPSA) is 46.2 Å². The van der Waals surface area contributed by atoms with Crippen molar-refractivity contribution in [3.63, 3.8) is 0 Å². The Morgan fingerprint density at radius 2 is 1.92 bits per heavy atom. The SMILES string of the molecule is CCC(CC)=C1CC(=O)NC1=O. The quantitative estimate of drug-likeness (QED) is 0.495. The highest BCUT2D eigenvalue weighted by molar-refractivity contribution is 6.13. The molecule has 0 saturated carbocycles. The van der Waals surface area contributed by atoms with Crippen LogP contribution in [0.5, 0.6) is 0 Å². The second kappa shape index (κ2) is 3.52. The van der Waals surface area contributed by atoms with Crippen molar-refractivity contribution in [2.24, 2.45) is 0 Å². The Kier molecular flexibility index (Phi) is 2.63. The number of imide groups is 1. The number of hydrogen-bond donors (Lipinski definition) is 1. The third-order valence-electron chi connectivity index (χ3n) is 2.14. The van der Waals surface area contributed by atoms with Gasteiger partial charge in [0.15, 0.2) is 0 Å². The van der Waals surface area contributed by atoms with E-state index in [2.05, 4.69) is 5.32 Å². The molecule has 0 spiro atoms. The molecule has 12 heavy (non-hydrogen) atoms. The Labute approximate surface area is 71.8 Å². The molecule has 1 rings (SSSR count). The molecule has 0 aromatic carbocycles. The van der Waals surface area contributed by atoms with Gasteiger partial charge in [0.05, 0.1) is 6.42 Å². The molecule has 1 N–H and O–H groups in total. The van der Waals surface area contributed by atoms with Gasteiger partial charge in [0.2, 0.25) is 5.91 Å². The van der Waals surface area contributed by atoms with Crippen molar-refractivity contribution in [2.45, 2.75) is 33.1 Å². The van der Waals surface area contributed by atoms with Gasteiger partial charge in [0, 0.05) is 5.57 Å². The van der Waals surface area contributed by atoms with Crippen LogP contribution in [0.3, 0.4) is 0 Å². The number of nitrogens with one attached hydrogen (secondary N) is 1. The lowest BCUT2D eigenvalue weighted by Crippen LogP contribution is -2.19. The molecule has 0 unspecified atom stereocenters. The van der Waals surface area contributed by atoms with Gasteiger partial charge in [-0.1, -0.05) is 19.4 Å². The fraction of sp³-hybridized carbons (Fsp3) is 0.556. The van der Waals surface area contributed by atoms with E-state index in [1.165, 1.54) is 0 Å². The van der Waals surface area contributed by atoms with Crippen molar-refractivity contribution in [3.05, 3.63) is 11.1 Å². The zero-order valence-electron chi connectivity index (χ0n) is 7.44. The van der Waals surface area contributed by atoms with E-state index in [0.717, 1.165) is 18.4 Å². The molecule has 0 radical (unpaired) electrons. The molecule has 0 bridgehead atoms. The third kappa shape index (κ3) is 1.55. The van der Waals surface area contributed by atoms with E-state index in [0.29, 0.717) is 5.57 Å². The molecule has 3 heteroatoms. The van der Waals surface area contributed by atoms with Gasteiger partial charge in [-0.3, -0.25) is 14.9 Å². The first-order valence-corrected chi connectivity index (χ1v) is 4.24.